The van der Waals surface area contributed by atoms with Crippen LogP contribution in [-0.4, -0.2) is 0 Å². The largest absolute Gasteiger partial charge is 0.0885 e. The number of hydrogen-bond donors (Lipinski definition) is 0. The van der Waals surface area contributed by atoms with Crippen molar-refractivity contribution in [2.45, 2.75) is 27.7 Å². The molecule has 0 rings (SSSR count). The Balaban J connectivity index is 4.00. The molecule has 0 radical (unpaired) electrons. The smallest absolute Gasteiger partial charge is 0.0572 e. The lowest BCUT2D eigenvalue weighted by molar-refractivity contribution is 0.767. The molecule has 0 aliphatic heterocycles. The maximum absolute atomic E-state index is 7.19. The molecule has 0 aromatic carbocycles. The van der Waals surface area contributed by atoms with Gasteiger partial charge in [0.1, 0.15) is 0 Å². The third-order valence-corrected chi connectivity index (χ3v) is 1.26. The fourth-order valence-corrected chi connectivity index (χ4v) is 0.289. The van der Waals surface area contributed by atoms with E-state index in [9.17, 15) is 0 Å². The van der Waals surface area contributed by atoms with E-state index in [0.29, 0.717) is 12.0 Å². The summed E-state index contributed by atoms with van der Waals surface area (Å²) in [6.07, 6.45) is 0. The van der Waals surface area contributed by atoms with Crippen LogP contribution in [-0.2, 0) is 0 Å². The lowest BCUT2D eigenvalue weighted by Gasteiger charge is -2.00. The molecule has 0 spiro atoms. The highest BCUT2D eigenvalue weighted by molar-refractivity contribution is 4.97. The predicted molar refractivity (Wildman–Crippen MR) is 34.3 cm³/mol. The van der Waals surface area contributed by atoms with Crippen molar-refractivity contribution >= 4 is 0 Å². The van der Waals surface area contributed by atoms with Crippen LogP contribution in [0.3, 0.4) is 0 Å². The molecule has 42 valence electrons. The second-order valence-electron chi connectivity index (χ2n) is 2.09. The van der Waals surface area contributed by atoms with E-state index in [1.165, 1.54) is 5.57 Å². The topological polar surface area (TPSA) is 0 Å². The Bertz CT molecular complexity index is 97.0. The van der Waals surface area contributed by atoms with Gasteiger partial charge in [-0.05, 0) is 19.8 Å². The number of allylic oxidation sites excluding steroid dienone is 2. The average molecular weight is 100 g/mol. The Morgan fingerprint density at radius 3 is 2.14 bits per heavy atom. The SMILES string of the molecule is [3H]/C(C)=C(\C)C(C)C. The van der Waals surface area contributed by atoms with Gasteiger partial charge in [-0.1, -0.05) is 25.5 Å². The zero-order valence-electron chi connectivity index (χ0n) is 6.58. The summed E-state index contributed by atoms with van der Waals surface area (Å²) in [5.41, 5.74) is 1.19. The van der Waals surface area contributed by atoms with E-state index in [0.717, 1.165) is 0 Å². The minimum absolute atomic E-state index is 0.535. The maximum Gasteiger partial charge on any atom is 0.0572 e. The molecule has 0 aromatic heterocycles. The summed E-state index contributed by atoms with van der Waals surface area (Å²) in [6.45, 7) is 8.04. The van der Waals surface area contributed by atoms with Crippen molar-refractivity contribution < 1.29 is 1.37 Å². The van der Waals surface area contributed by atoms with E-state index in [4.69, 9.17) is 1.37 Å². The van der Waals surface area contributed by atoms with Gasteiger partial charge in [-0.2, -0.15) is 0 Å². The fraction of sp³-hybridized carbons (Fsp3) is 0.714. The third kappa shape index (κ3) is 2.44. The highest BCUT2D eigenvalue weighted by Crippen LogP contribution is 2.05. The zero-order valence-corrected chi connectivity index (χ0v) is 5.58. The van der Waals surface area contributed by atoms with Crippen LogP contribution in [0, 0.1) is 5.92 Å². The summed E-state index contributed by atoms with van der Waals surface area (Å²) in [7, 11) is 0. The van der Waals surface area contributed by atoms with Gasteiger partial charge in [-0.3, -0.25) is 0 Å². The van der Waals surface area contributed by atoms with E-state index in [2.05, 4.69) is 13.8 Å². The summed E-state index contributed by atoms with van der Waals surface area (Å²) in [5.74, 6) is 0.535. The van der Waals surface area contributed by atoms with Crippen molar-refractivity contribution in [2.75, 3.05) is 0 Å². The van der Waals surface area contributed by atoms with Crippen LogP contribution in [0.1, 0.15) is 29.1 Å². The van der Waals surface area contributed by atoms with E-state index in [-0.39, 0.29) is 0 Å². The van der Waals surface area contributed by atoms with Crippen LogP contribution in [0.15, 0.2) is 11.6 Å². The van der Waals surface area contributed by atoms with Gasteiger partial charge < -0.3 is 0 Å². The summed E-state index contributed by atoms with van der Waals surface area (Å²) in [4.78, 5) is 0. The molecular formula is C7H14. The molecule has 0 N–H and O–H groups in total. The zero-order chi connectivity index (χ0) is 6.73. The molecule has 0 unspecified atom stereocenters. The molecule has 0 saturated heterocycles. The summed E-state index contributed by atoms with van der Waals surface area (Å²) in [6, 6.07) is 0.708. The number of hydrogen-bond acceptors (Lipinski definition) is 0. The number of rotatable bonds is 1. The van der Waals surface area contributed by atoms with Crippen molar-refractivity contribution in [2.24, 2.45) is 5.92 Å². The molecule has 0 fully saturated rings. The first kappa shape index (κ1) is 4.89. The second-order valence-corrected chi connectivity index (χ2v) is 2.09. The van der Waals surface area contributed by atoms with E-state index < -0.39 is 0 Å². The summed E-state index contributed by atoms with van der Waals surface area (Å²) < 4.78 is 7.19. The summed E-state index contributed by atoms with van der Waals surface area (Å²) >= 11 is 0. The van der Waals surface area contributed by atoms with E-state index in [1.54, 1.807) is 0 Å². The fourth-order valence-electron chi connectivity index (χ4n) is 0.289. The minimum Gasteiger partial charge on any atom is -0.0885 e. The van der Waals surface area contributed by atoms with Gasteiger partial charge in [-0.25, -0.2) is 0 Å². The molecule has 0 aromatic rings. The molecule has 0 heteroatoms. The average Bonchev–Trinajstić information content (AvgIpc) is 1.64. The van der Waals surface area contributed by atoms with Crippen LogP contribution >= 0.6 is 0 Å². The maximum atomic E-state index is 7.19. The molecule has 0 aliphatic carbocycles. The molecule has 0 heterocycles. The van der Waals surface area contributed by atoms with Crippen LogP contribution in [0.25, 0.3) is 0 Å². The van der Waals surface area contributed by atoms with Crippen LogP contribution in [0.2, 0.25) is 0 Å². The quantitative estimate of drug-likeness (QED) is 0.444. The first-order valence-electron chi connectivity index (χ1n) is 3.19. The molecule has 0 bridgehead atoms. The van der Waals surface area contributed by atoms with Gasteiger partial charge in [0.25, 0.3) is 0 Å². The lowest BCUT2D eigenvalue weighted by atomic mass is 10.1. The van der Waals surface area contributed by atoms with Crippen LogP contribution in [0.4, 0.5) is 0 Å². The van der Waals surface area contributed by atoms with Gasteiger partial charge in [0.15, 0.2) is 0 Å². The summed E-state index contributed by atoms with van der Waals surface area (Å²) in [5, 5.41) is 0. The molecule has 7 heavy (non-hydrogen) atoms. The van der Waals surface area contributed by atoms with Crippen molar-refractivity contribution in [3.05, 3.63) is 11.6 Å². The first-order chi connectivity index (χ1) is 3.55. The molecular weight excluding hydrogens is 84.1 g/mol. The van der Waals surface area contributed by atoms with Gasteiger partial charge in [0, 0.05) is 0 Å². The molecule has 0 nitrogen and oxygen atoms in total. The Labute approximate surface area is 47.6 Å². The second kappa shape index (κ2) is 2.84. The van der Waals surface area contributed by atoms with Gasteiger partial charge in [-0.15, -0.1) is 0 Å². The lowest BCUT2D eigenvalue weighted by Crippen LogP contribution is -1.85. The highest BCUT2D eigenvalue weighted by atomic mass is 14.0. The van der Waals surface area contributed by atoms with Crippen molar-refractivity contribution in [1.29, 1.82) is 0 Å². The van der Waals surface area contributed by atoms with Crippen molar-refractivity contribution in [3.8, 4) is 0 Å². The Hall–Kier alpha value is -0.260. The molecule has 0 aliphatic rings. The van der Waals surface area contributed by atoms with Gasteiger partial charge >= 0.3 is 0 Å². The monoisotopic (exact) mass is 100 g/mol. The first-order valence-corrected chi connectivity index (χ1v) is 2.69. The molecule has 0 saturated carbocycles. The predicted octanol–water partition coefficient (Wildman–Crippen LogP) is 2.61. The Morgan fingerprint density at radius 2 is 2.14 bits per heavy atom. The third-order valence-electron chi connectivity index (χ3n) is 1.26. The van der Waals surface area contributed by atoms with Crippen LogP contribution < -0.4 is 0 Å². The standard InChI is InChI=1S/C7H14/c1-5-7(4)6(2)3/h5-6H,1-4H3/b7-5-/i5T. The van der Waals surface area contributed by atoms with Crippen LogP contribution in [0.5, 0.6) is 0 Å². The van der Waals surface area contributed by atoms with Crippen molar-refractivity contribution in [3.63, 3.8) is 0 Å². The van der Waals surface area contributed by atoms with Crippen molar-refractivity contribution in [1.82, 2.24) is 0 Å². The van der Waals surface area contributed by atoms with Gasteiger partial charge in [0.05, 0.1) is 1.37 Å². The Kier molecular flexibility index (Phi) is 1.98. The Morgan fingerprint density at radius 1 is 1.71 bits per heavy atom. The highest BCUT2D eigenvalue weighted by Gasteiger charge is 1.90. The van der Waals surface area contributed by atoms with E-state index in [1.807, 2.05) is 13.8 Å². The molecule has 0 amide bonds. The van der Waals surface area contributed by atoms with E-state index >= 15 is 0 Å². The minimum atomic E-state index is 0.535. The molecule has 0 atom stereocenters. The normalized spacial score (nSPS) is 16.4. The van der Waals surface area contributed by atoms with Gasteiger partial charge in [0.2, 0.25) is 0 Å².